The summed E-state index contributed by atoms with van der Waals surface area (Å²) in [6.45, 7) is 6.69. The molecule has 0 aromatic rings. The van der Waals surface area contributed by atoms with E-state index in [0.717, 1.165) is 70.6 Å². The van der Waals surface area contributed by atoms with Crippen molar-refractivity contribution < 1.29 is 28.6 Å². The average molecular weight is 1120 g/mol. The van der Waals surface area contributed by atoms with E-state index >= 15 is 0 Å². The Bertz CT molecular complexity index is 1380. The Morgan fingerprint density at radius 3 is 0.713 bits per heavy atom. The van der Waals surface area contributed by atoms with Gasteiger partial charge in [0, 0.05) is 19.3 Å². The first kappa shape index (κ1) is 77.4. The van der Waals surface area contributed by atoms with Gasteiger partial charge in [0.25, 0.3) is 0 Å². The van der Waals surface area contributed by atoms with E-state index in [-0.39, 0.29) is 31.1 Å². The number of ether oxygens (including phenoxy) is 3. The number of hydrogen-bond acceptors (Lipinski definition) is 6. The fourth-order valence-electron chi connectivity index (χ4n) is 10.7. The minimum Gasteiger partial charge on any atom is -0.462 e. The number of hydrogen-bond donors (Lipinski definition) is 0. The standard InChI is InChI=1S/C74H136O6/c1-4-7-10-13-16-19-22-25-27-29-31-33-34-35-36-37-38-39-40-42-43-45-47-49-52-55-58-61-64-67-73(76)79-70-71(69-78-72(75)66-63-60-57-54-51-24-21-18-15-12-9-6-3)80-74(77)68-65-62-59-56-53-50-48-46-44-41-32-30-28-26-23-20-17-14-11-8-5-2/h22,25,29-32,34-35,71H,4-21,23-24,26-28,33,36-70H2,1-3H3/b25-22-,31-29-,32-30-,35-34-. The second-order valence-electron chi connectivity index (χ2n) is 24.1. The molecule has 0 bridgehead atoms. The maximum Gasteiger partial charge on any atom is 0.306 e. The van der Waals surface area contributed by atoms with E-state index in [1.54, 1.807) is 0 Å². The lowest BCUT2D eigenvalue weighted by molar-refractivity contribution is -0.167. The Labute approximate surface area is 498 Å². The van der Waals surface area contributed by atoms with Gasteiger partial charge in [-0.15, -0.1) is 0 Å². The van der Waals surface area contributed by atoms with Gasteiger partial charge in [0.2, 0.25) is 0 Å². The largest absolute Gasteiger partial charge is 0.462 e. The van der Waals surface area contributed by atoms with Crippen LogP contribution < -0.4 is 0 Å². The first-order chi connectivity index (χ1) is 39.5. The number of carbonyl (C=O) groups is 3. The summed E-state index contributed by atoms with van der Waals surface area (Å²) < 4.78 is 17.0. The monoisotopic (exact) mass is 1120 g/mol. The SMILES string of the molecule is CCCCCCC/C=C\C/C=C\C/C=C\CCCCCCCCCCCCCCCCC(=O)OCC(COC(=O)CCCCCCCCCCCCCC)OC(=O)CCCCCCCCCCC/C=C\CCCCCCCCCC. The van der Waals surface area contributed by atoms with Gasteiger partial charge in [0.15, 0.2) is 6.10 Å². The van der Waals surface area contributed by atoms with Gasteiger partial charge in [0.05, 0.1) is 0 Å². The third-order valence-corrected chi connectivity index (χ3v) is 16.1. The van der Waals surface area contributed by atoms with E-state index in [2.05, 4.69) is 69.4 Å². The van der Waals surface area contributed by atoms with Crippen molar-refractivity contribution in [2.45, 2.75) is 393 Å². The predicted octanol–water partition coefficient (Wildman–Crippen LogP) is 24.5. The molecule has 0 saturated heterocycles. The molecule has 80 heavy (non-hydrogen) atoms. The molecule has 0 aliphatic carbocycles. The highest BCUT2D eigenvalue weighted by atomic mass is 16.6. The van der Waals surface area contributed by atoms with E-state index in [0.29, 0.717) is 19.3 Å². The van der Waals surface area contributed by atoms with Crippen LogP contribution in [0.4, 0.5) is 0 Å². The van der Waals surface area contributed by atoms with Crippen LogP contribution in [-0.2, 0) is 28.6 Å². The van der Waals surface area contributed by atoms with E-state index in [1.807, 2.05) is 0 Å². The van der Waals surface area contributed by atoms with Crippen molar-refractivity contribution in [1.82, 2.24) is 0 Å². The summed E-state index contributed by atoms with van der Waals surface area (Å²) in [5, 5.41) is 0. The van der Waals surface area contributed by atoms with Crippen LogP contribution in [0.15, 0.2) is 48.6 Å². The first-order valence-corrected chi connectivity index (χ1v) is 35.6. The Morgan fingerprint density at radius 2 is 0.450 bits per heavy atom. The van der Waals surface area contributed by atoms with Crippen molar-refractivity contribution in [2.75, 3.05) is 13.2 Å². The quantitative estimate of drug-likeness (QED) is 0.0261. The van der Waals surface area contributed by atoms with Crippen molar-refractivity contribution in [3.63, 3.8) is 0 Å². The molecule has 0 heterocycles. The lowest BCUT2D eigenvalue weighted by Crippen LogP contribution is -2.30. The number of esters is 3. The predicted molar refractivity (Wildman–Crippen MR) is 349 cm³/mol. The molecule has 0 N–H and O–H groups in total. The van der Waals surface area contributed by atoms with Crippen LogP contribution in [0, 0.1) is 0 Å². The summed E-state index contributed by atoms with van der Waals surface area (Å²) in [7, 11) is 0. The van der Waals surface area contributed by atoms with Gasteiger partial charge in [-0.1, -0.05) is 333 Å². The Hall–Kier alpha value is -2.63. The van der Waals surface area contributed by atoms with Gasteiger partial charge in [-0.05, 0) is 83.5 Å². The van der Waals surface area contributed by atoms with Gasteiger partial charge < -0.3 is 14.2 Å². The molecule has 6 nitrogen and oxygen atoms in total. The first-order valence-electron chi connectivity index (χ1n) is 35.6. The highest BCUT2D eigenvalue weighted by Gasteiger charge is 2.19. The van der Waals surface area contributed by atoms with Crippen LogP contribution in [0.25, 0.3) is 0 Å². The van der Waals surface area contributed by atoms with Crippen LogP contribution in [-0.4, -0.2) is 37.2 Å². The molecule has 0 spiro atoms. The fourth-order valence-corrected chi connectivity index (χ4v) is 10.7. The smallest absolute Gasteiger partial charge is 0.306 e. The molecule has 0 aliphatic rings. The van der Waals surface area contributed by atoms with Crippen LogP contribution in [0.3, 0.4) is 0 Å². The van der Waals surface area contributed by atoms with Crippen molar-refractivity contribution in [1.29, 1.82) is 0 Å². The summed E-state index contributed by atoms with van der Waals surface area (Å²) in [5.41, 5.74) is 0. The van der Waals surface area contributed by atoms with Gasteiger partial charge in [-0.3, -0.25) is 14.4 Å². The summed E-state index contributed by atoms with van der Waals surface area (Å²) in [6, 6.07) is 0. The lowest BCUT2D eigenvalue weighted by atomic mass is 10.0. The van der Waals surface area contributed by atoms with E-state index in [9.17, 15) is 14.4 Å². The number of allylic oxidation sites excluding steroid dienone is 8. The van der Waals surface area contributed by atoms with Crippen LogP contribution in [0.1, 0.15) is 387 Å². The topological polar surface area (TPSA) is 78.9 Å². The molecule has 0 amide bonds. The summed E-state index contributed by atoms with van der Waals surface area (Å²) in [6.07, 6.45) is 87.1. The van der Waals surface area contributed by atoms with Crippen LogP contribution >= 0.6 is 0 Å². The minimum absolute atomic E-state index is 0.0689. The molecular formula is C74H136O6. The number of unbranched alkanes of at least 4 members (excludes halogenated alkanes) is 47. The minimum atomic E-state index is -0.772. The molecule has 0 aromatic carbocycles. The lowest BCUT2D eigenvalue weighted by Gasteiger charge is -2.18. The zero-order chi connectivity index (χ0) is 57.8. The molecule has 468 valence electrons. The highest BCUT2D eigenvalue weighted by Crippen LogP contribution is 2.18. The van der Waals surface area contributed by atoms with Gasteiger partial charge in [0.1, 0.15) is 13.2 Å². The number of rotatable bonds is 66. The van der Waals surface area contributed by atoms with Crippen LogP contribution in [0.2, 0.25) is 0 Å². The Balaban J connectivity index is 4.20. The Morgan fingerprint density at radius 1 is 0.250 bits per heavy atom. The molecule has 0 aliphatic heterocycles. The molecule has 0 fully saturated rings. The molecule has 0 aromatic heterocycles. The third kappa shape index (κ3) is 66.2. The zero-order valence-electron chi connectivity index (χ0n) is 53.9. The van der Waals surface area contributed by atoms with Gasteiger partial charge >= 0.3 is 17.9 Å². The van der Waals surface area contributed by atoms with E-state index in [4.69, 9.17) is 14.2 Å². The molecular weight excluding hydrogens is 985 g/mol. The molecule has 1 atom stereocenters. The second kappa shape index (κ2) is 68.9. The van der Waals surface area contributed by atoms with E-state index < -0.39 is 6.10 Å². The molecule has 6 heteroatoms. The summed E-state index contributed by atoms with van der Waals surface area (Å²) >= 11 is 0. The van der Waals surface area contributed by atoms with Crippen molar-refractivity contribution in [2.24, 2.45) is 0 Å². The number of carbonyl (C=O) groups excluding carboxylic acids is 3. The maximum atomic E-state index is 12.9. The van der Waals surface area contributed by atoms with Crippen LogP contribution in [0.5, 0.6) is 0 Å². The molecule has 0 saturated carbocycles. The van der Waals surface area contributed by atoms with Crippen molar-refractivity contribution in [3.8, 4) is 0 Å². The summed E-state index contributed by atoms with van der Waals surface area (Å²) in [5.74, 6) is -0.846. The molecule has 0 radical (unpaired) electrons. The Kier molecular flexibility index (Phi) is 66.6. The molecule has 1 unspecified atom stereocenters. The van der Waals surface area contributed by atoms with E-state index in [1.165, 1.54) is 276 Å². The zero-order valence-corrected chi connectivity index (χ0v) is 53.9. The van der Waals surface area contributed by atoms with Crippen molar-refractivity contribution >= 4 is 17.9 Å². The van der Waals surface area contributed by atoms with Gasteiger partial charge in [-0.2, -0.15) is 0 Å². The highest BCUT2D eigenvalue weighted by molar-refractivity contribution is 5.71. The van der Waals surface area contributed by atoms with Crippen molar-refractivity contribution in [3.05, 3.63) is 48.6 Å². The second-order valence-corrected chi connectivity index (χ2v) is 24.1. The fraction of sp³-hybridized carbons (Fsp3) is 0.851. The summed E-state index contributed by atoms with van der Waals surface area (Å²) in [4.78, 5) is 38.4. The maximum absolute atomic E-state index is 12.9. The average Bonchev–Trinajstić information content (AvgIpc) is 3.46. The normalized spacial score (nSPS) is 12.3. The molecule has 0 rings (SSSR count). The third-order valence-electron chi connectivity index (χ3n) is 16.1. The van der Waals surface area contributed by atoms with Gasteiger partial charge in [-0.25, -0.2) is 0 Å².